The molecule has 2 fully saturated rings. The zero-order valence-corrected chi connectivity index (χ0v) is 16.4. The molecular weight excluding hydrogens is 282 g/mol. The lowest BCUT2D eigenvalue weighted by molar-refractivity contribution is -0.132. The molecular formula is C21H39NO. The molecule has 2 aliphatic rings. The number of carbonyl (C=O) groups excluding carboxylic acids is 1. The maximum absolute atomic E-state index is 13.3. The lowest BCUT2D eigenvalue weighted by Gasteiger charge is -2.41. The van der Waals surface area contributed by atoms with Crippen molar-refractivity contribution >= 4 is 5.78 Å². The van der Waals surface area contributed by atoms with Gasteiger partial charge in [-0.15, -0.1) is 0 Å². The highest BCUT2D eigenvalue weighted by molar-refractivity contribution is 5.89. The van der Waals surface area contributed by atoms with E-state index in [9.17, 15) is 4.79 Å². The van der Waals surface area contributed by atoms with Crippen molar-refractivity contribution < 1.29 is 4.79 Å². The maximum atomic E-state index is 13.3. The molecule has 0 saturated heterocycles. The quantitative estimate of drug-likeness (QED) is 0.652. The van der Waals surface area contributed by atoms with Crippen LogP contribution in [0.15, 0.2) is 0 Å². The minimum absolute atomic E-state index is 0.0133. The molecule has 0 amide bonds. The summed E-state index contributed by atoms with van der Waals surface area (Å²) in [5.74, 6) is 2.28. The van der Waals surface area contributed by atoms with E-state index in [1.165, 1.54) is 44.9 Å². The Morgan fingerprint density at radius 3 is 2.00 bits per heavy atom. The van der Waals surface area contributed by atoms with Gasteiger partial charge in [0.25, 0.3) is 0 Å². The third-order valence-corrected chi connectivity index (χ3v) is 6.54. The van der Waals surface area contributed by atoms with Crippen molar-refractivity contribution in [2.45, 2.75) is 104 Å². The van der Waals surface area contributed by atoms with E-state index in [0.29, 0.717) is 17.6 Å². The highest BCUT2D eigenvalue weighted by Gasteiger charge is 2.41. The van der Waals surface area contributed by atoms with Crippen LogP contribution in [-0.4, -0.2) is 17.4 Å². The van der Waals surface area contributed by atoms with E-state index < -0.39 is 0 Å². The van der Waals surface area contributed by atoms with Gasteiger partial charge in [0, 0.05) is 11.0 Å². The van der Waals surface area contributed by atoms with Crippen LogP contribution < -0.4 is 5.32 Å². The summed E-state index contributed by atoms with van der Waals surface area (Å²) in [5.41, 5.74) is -0.133. The molecule has 0 spiro atoms. The molecule has 0 aromatic heterocycles. The third kappa shape index (κ3) is 4.59. The average Bonchev–Trinajstić information content (AvgIpc) is 2.94. The van der Waals surface area contributed by atoms with Gasteiger partial charge in [0.2, 0.25) is 0 Å². The highest BCUT2D eigenvalue weighted by Crippen LogP contribution is 2.40. The monoisotopic (exact) mass is 321 g/mol. The fraction of sp³-hybridized carbons (Fsp3) is 0.952. The van der Waals surface area contributed by atoms with E-state index in [1.807, 2.05) is 0 Å². The predicted octanol–water partition coefficient (Wildman–Crippen LogP) is 5.35. The Morgan fingerprint density at radius 1 is 1.00 bits per heavy atom. The molecule has 1 unspecified atom stereocenters. The largest absolute Gasteiger partial charge is 0.302 e. The van der Waals surface area contributed by atoms with Gasteiger partial charge in [0.1, 0.15) is 0 Å². The second-order valence-electron chi connectivity index (χ2n) is 9.82. The molecule has 0 aliphatic heterocycles. The van der Waals surface area contributed by atoms with E-state index in [-0.39, 0.29) is 17.0 Å². The summed E-state index contributed by atoms with van der Waals surface area (Å²) in [6, 6.07) is -0.0133. The number of ketones is 1. The molecule has 0 aromatic carbocycles. The van der Waals surface area contributed by atoms with Gasteiger partial charge in [0.15, 0.2) is 5.78 Å². The number of hydrogen-bond donors (Lipinski definition) is 1. The first-order chi connectivity index (χ1) is 10.6. The standard InChI is InChI=1S/C21H39NO/c1-15(2)18(22-21(5,6)17-12-7-8-13-17)19(23)20(3,4)14-16-10-9-11-16/h15-18,22H,7-14H2,1-6H3. The summed E-state index contributed by atoms with van der Waals surface area (Å²) in [6.07, 6.45) is 10.4. The molecule has 0 aromatic rings. The molecule has 1 atom stereocenters. The van der Waals surface area contributed by atoms with Crippen LogP contribution in [0.5, 0.6) is 0 Å². The normalized spacial score (nSPS) is 22.4. The van der Waals surface area contributed by atoms with Crippen LogP contribution in [-0.2, 0) is 4.79 Å². The van der Waals surface area contributed by atoms with Gasteiger partial charge in [0.05, 0.1) is 6.04 Å². The topological polar surface area (TPSA) is 29.1 Å². The second kappa shape index (κ2) is 7.25. The zero-order chi connectivity index (χ0) is 17.3. The molecule has 2 nitrogen and oxygen atoms in total. The minimum atomic E-state index is -0.196. The summed E-state index contributed by atoms with van der Waals surface area (Å²) in [7, 11) is 0. The van der Waals surface area contributed by atoms with Crippen molar-refractivity contribution in [3.63, 3.8) is 0 Å². The smallest absolute Gasteiger partial charge is 0.155 e. The van der Waals surface area contributed by atoms with Crippen molar-refractivity contribution in [3.05, 3.63) is 0 Å². The third-order valence-electron chi connectivity index (χ3n) is 6.54. The van der Waals surface area contributed by atoms with Gasteiger partial charge in [-0.3, -0.25) is 4.79 Å². The van der Waals surface area contributed by atoms with Gasteiger partial charge in [-0.05, 0) is 50.9 Å². The van der Waals surface area contributed by atoms with Crippen LogP contribution in [0.3, 0.4) is 0 Å². The molecule has 2 heteroatoms. The fourth-order valence-electron chi connectivity index (χ4n) is 4.64. The van der Waals surface area contributed by atoms with Gasteiger partial charge < -0.3 is 5.32 Å². The molecule has 134 valence electrons. The second-order valence-corrected chi connectivity index (χ2v) is 9.82. The minimum Gasteiger partial charge on any atom is -0.302 e. The Balaban J connectivity index is 2.05. The Labute approximate surface area is 144 Å². The first-order valence-corrected chi connectivity index (χ1v) is 9.95. The van der Waals surface area contributed by atoms with Gasteiger partial charge in [-0.1, -0.05) is 59.8 Å². The summed E-state index contributed by atoms with van der Waals surface area (Å²) < 4.78 is 0. The number of Topliss-reactive ketones (excluding diaryl/α,β-unsaturated/α-hetero) is 1. The van der Waals surface area contributed by atoms with Gasteiger partial charge >= 0.3 is 0 Å². The Hall–Kier alpha value is -0.370. The summed E-state index contributed by atoms with van der Waals surface area (Å²) in [5, 5.41) is 3.80. The molecule has 0 radical (unpaired) electrons. The molecule has 23 heavy (non-hydrogen) atoms. The van der Waals surface area contributed by atoms with Crippen molar-refractivity contribution in [1.82, 2.24) is 5.32 Å². The van der Waals surface area contributed by atoms with Crippen LogP contribution in [0.2, 0.25) is 0 Å². The Kier molecular flexibility index (Phi) is 5.98. The number of rotatable bonds is 8. The number of carbonyl (C=O) groups is 1. The molecule has 1 N–H and O–H groups in total. The van der Waals surface area contributed by atoms with Crippen LogP contribution in [0.1, 0.15) is 92.9 Å². The molecule has 0 heterocycles. The first kappa shape index (κ1) is 19.0. The SMILES string of the molecule is CC(C)C(NC(C)(C)C1CCCC1)C(=O)C(C)(C)CC1CCC1. The van der Waals surface area contributed by atoms with E-state index in [0.717, 1.165) is 12.3 Å². The zero-order valence-electron chi connectivity index (χ0n) is 16.4. The Bertz CT molecular complexity index is 400. The van der Waals surface area contributed by atoms with Crippen molar-refractivity contribution in [2.24, 2.45) is 23.2 Å². The van der Waals surface area contributed by atoms with Crippen LogP contribution >= 0.6 is 0 Å². The summed E-state index contributed by atoms with van der Waals surface area (Å²) in [4.78, 5) is 13.3. The number of hydrogen-bond acceptors (Lipinski definition) is 2. The first-order valence-electron chi connectivity index (χ1n) is 9.95. The van der Waals surface area contributed by atoms with Gasteiger partial charge in [-0.2, -0.15) is 0 Å². The molecule has 0 bridgehead atoms. The van der Waals surface area contributed by atoms with E-state index in [1.54, 1.807) is 0 Å². The predicted molar refractivity (Wildman–Crippen MR) is 98.5 cm³/mol. The average molecular weight is 322 g/mol. The van der Waals surface area contributed by atoms with Gasteiger partial charge in [-0.25, -0.2) is 0 Å². The van der Waals surface area contributed by atoms with Crippen molar-refractivity contribution in [3.8, 4) is 0 Å². The lowest BCUT2D eigenvalue weighted by Crippen LogP contribution is -2.57. The fourth-order valence-corrected chi connectivity index (χ4v) is 4.64. The summed E-state index contributed by atoms with van der Waals surface area (Å²) >= 11 is 0. The van der Waals surface area contributed by atoms with Crippen LogP contribution in [0.25, 0.3) is 0 Å². The van der Waals surface area contributed by atoms with Crippen LogP contribution in [0.4, 0.5) is 0 Å². The number of nitrogens with one attached hydrogen (secondary N) is 1. The van der Waals surface area contributed by atoms with E-state index >= 15 is 0 Å². The maximum Gasteiger partial charge on any atom is 0.155 e. The van der Waals surface area contributed by atoms with Crippen LogP contribution in [0, 0.1) is 23.2 Å². The summed E-state index contributed by atoms with van der Waals surface area (Å²) in [6.45, 7) is 13.4. The van der Waals surface area contributed by atoms with E-state index in [4.69, 9.17) is 0 Å². The van der Waals surface area contributed by atoms with Crippen molar-refractivity contribution in [1.29, 1.82) is 0 Å². The Morgan fingerprint density at radius 2 is 1.57 bits per heavy atom. The molecule has 2 rings (SSSR count). The highest BCUT2D eigenvalue weighted by atomic mass is 16.1. The molecule has 2 saturated carbocycles. The lowest BCUT2D eigenvalue weighted by atomic mass is 9.69. The molecule has 2 aliphatic carbocycles. The van der Waals surface area contributed by atoms with Crippen molar-refractivity contribution in [2.75, 3.05) is 0 Å². The van der Waals surface area contributed by atoms with E-state index in [2.05, 4.69) is 46.9 Å².